The molecule has 0 bridgehead atoms. The number of ether oxygens (including phenoxy) is 2. The van der Waals surface area contributed by atoms with E-state index in [4.69, 9.17) is 14.0 Å². The average Bonchev–Trinajstić information content (AvgIpc) is 3.06. The molecule has 164 valence electrons. The van der Waals surface area contributed by atoms with Crippen LogP contribution in [0.2, 0.25) is 0 Å². The van der Waals surface area contributed by atoms with Crippen LogP contribution in [0.1, 0.15) is 29.5 Å². The lowest BCUT2D eigenvalue weighted by Gasteiger charge is -2.35. The molecule has 1 fully saturated rings. The molecule has 0 radical (unpaired) electrons. The Hall–Kier alpha value is -2.74. The van der Waals surface area contributed by atoms with Gasteiger partial charge in [0.15, 0.2) is 0 Å². The van der Waals surface area contributed by atoms with Crippen LogP contribution in [0.3, 0.4) is 0 Å². The second-order valence-electron chi connectivity index (χ2n) is 7.80. The maximum atomic E-state index is 12.7. The second-order valence-corrected chi connectivity index (χ2v) is 7.80. The predicted octanol–water partition coefficient (Wildman–Crippen LogP) is 2.77. The molecule has 1 aliphatic rings. The van der Waals surface area contributed by atoms with Crippen molar-refractivity contribution in [1.29, 1.82) is 0 Å². The first-order valence-electron chi connectivity index (χ1n) is 10.3. The fraction of sp³-hybridized carbons (Fsp3) is 0.545. The number of aryl methyl sites for hydroxylation is 2. The fourth-order valence-corrected chi connectivity index (χ4v) is 3.81. The number of hydrogen-bond acceptors (Lipinski definition) is 6. The monoisotopic (exact) mass is 416 g/mol. The average molecular weight is 417 g/mol. The van der Waals surface area contributed by atoms with Crippen LogP contribution in [0.4, 0.5) is 4.79 Å². The number of nitrogens with one attached hydrogen (secondary N) is 1. The summed E-state index contributed by atoms with van der Waals surface area (Å²) >= 11 is 0. The van der Waals surface area contributed by atoms with Crippen molar-refractivity contribution in [1.82, 2.24) is 20.3 Å². The zero-order valence-corrected chi connectivity index (χ0v) is 18.5. The first-order chi connectivity index (χ1) is 14.4. The Morgan fingerprint density at radius 3 is 2.53 bits per heavy atom. The zero-order chi connectivity index (χ0) is 21.7. The Labute approximate surface area is 178 Å². The van der Waals surface area contributed by atoms with Gasteiger partial charge in [0.05, 0.1) is 19.9 Å². The van der Waals surface area contributed by atoms with Crippen molar-refractivity contribution in [2.75, 3.05) is 40.4 Å². The maximum Gasteiger partial charge on any atom is 0.317 e. The standard InChI is InChI=1S/C22H32N4O4/c1-15(12-20-16(2)24-30-17(20)3)23-22(27)26-10-8-25(9-11-26)14-18-13-19(28-4)6-7-21(18)29-5/h6-7,13,15H,8-12,14H2,1-5H3,(H,23,27). The van der Waals surface area contributed by atoms with Gasteiger partial charge in [-0.25, -0.2) is 4.79 Å². The lowest BCUT2D eigenvalue weighted by atomic mass is 10.1. The minimum atomic E-state index is -0.0205. The number of hydrogen-bond donors (Lipinski definition) is 1. The molecular formula is C22H32N4O4. The SMILES string of the molecule is COc1ccc(OC)c(CN2CCN(C(=O)NC(C)Cc3c(C)noc3C)CC2)c1. The van der Waals surface area contributed by atoms with Gasteiger partial charge in [0.25, 0.3) is 0 Å². The van der Waals surface area contributed by atoms with E-state index in [9.17, 15) is 4.79 Å². The summed E-state index contributed by atoms with van der Waals surface area (Å²) in [6, 6.07) is 5.82. The number of urea groups is 1. The second kappa shape index (κ2) is 9.84. The first kappa shape index (κ1) is 22.0. The first-order valence-corrected chi connectivity index (χ1v) is 10.3. The van der Waals surface area contributed by atoms with Gasteiger partial charge in [-0.3, -0.25) is 4.90 Å². The van der Waals surface area contributed by atoms with Crippen molar-refractivity contribution >= 4 is 6.03 Å². The highest BCUT2D eigenvalue weighted by atomic mass is 16.5. The molecule has 3 rings (SSSR count). The normalized spacial score (nSPS) is 15.7. The third-order valence-electron chi connectivity index (χ3n) is 5.60. The van der Waals surface area contributed by atoms with Crippen molar-refractivity contribution in [3.8, 4) is 11.5 Å². The molecule has 1 aliphatic heterocycles. The van der Waals surface area contributed by atoms with E-state index in [1.807, 2.05) is 43.9 Å². The van der Waals surface area contributed by atoms with Gasteiger partial charge in [0.2, 0.25) is 0 Å². The van der Waals surface area contributed by atoms with Crippen molar-refractivity contribution in [2.45, 2.75) is 39.8 Å². The Morgan fingerprint density at radius 1 is 1.20 bits per heavy atom. The van der Waals surface area contributed by atoms with Gasteiger partial charge < -0.3 is 24.2 Å². The quantitative estimate of drug-likeness (QED) is 0.748. The van der Waals surface area contributed by atoms with Gasteiger partial charge in [-0.2, -0.15) is 0 Å². The summed E-state index contributed by atoms with van der Waals surface area (Å²) in [7, 11) is 3.34. The number of benzene rings is 1. The third-order valence-corrected chi connectivity index (χ3v) is 5.60. The van der Waals surface area contributed by atoms with Crippen LogP contribution in [-0.2, 0) is 13.0 Å². The predicted molar refractivity (Wildman–Crippen MR) is 114 cm³/mol. The number of aromatic nitrogens is 1. The largest absolute Gasteiger partial charge is 0.497 e. The van der Waals surface area contributed by atoms with Gasteiger partial charge in [-0.05, 0) is 45.4 Å². The van der Waals surface area contributed by atoms with E-state index < -0.39 is 0 Å². The van der Waals surface area contributed by atoms with Gasteiger partial charge in [-0.15, -0.1) is 0 Å². The van der Waals surface area contributed by atoms with Crippen LogP contribution in [0, 0.1) is 13.8 Å². The summed E-state index contributed by atoms with van der Waals surface area (Å²) in [5.41, 5.74) is 3.04. The van der Waals surface area contributed by atoms with E-state index in [-0.39, 0.29) is 12.1 Å². The number of nitrogens with zero attached hydrogens (tertiary/aromatic N) is 3. The highest BCUT2D eigenvalue weighted by Crippen LogP contribution is 2.25. The molecular weight excluding hydrogens is 384 g/mol. The summed E-state index contributed by atoms with van der Waals surface area (Å²) in [4.78, 5) is 16.9. The number of carbonyl (C=O) groups excluding carboxylic acids is 1. The van der Waals surface area contributed by atoms with Crippen LogP contribution >= 0.6 is 0 Å². The molecule has 1 unspecified atom stereocenters. The zero-order valence-electron chi connectivity index (χ0n) is 18.5. The lowest BCUT2D eigenvalue weighted by Crippen LogP contribution is -2.53. The van der Waals surface area contributed by atoms with Crippen molar-refractivity contribution in [3.63, 3.8) is 0 Å². The Balaban J connectivity index is 1.50. The fourth-order valence-electron chi connectivity index (χ4n) is 3.81. The van der Waals surface area contributed by atoms with E-state index in [1.54, 1.807) is 14.2 Å². The summed E-state index contributed by atoms with van der Waals surface area (Å²) in [5.74, 6) is 2.48. The lowest BCUT2D eigenvalue weighted by molar-refractivity contribution is 0.133. The van der Waals surface area contributed by atoms with E-state index in [2.05, 4.69) is 15.4 Å². The summed E-state index contributed by atoms with van der Waals surface area (Å²) in [5, 5.41) is 7.09. The molecule has 8 nitrogen and oxygen atoms in total. The molecule has 1 N–H and O–H groups in total. The molecule has 2 heterocycles. The molecule has 0 spiro atoms. The maximum absolute atomic E-state index is 12.7. The Kier molecular flexibility index (Phi) is 7.20. The van der Waals surface area contributed by atoms with E-state index in [0.29, 0.717) is 19.5 Å². The van der Waals surface area contributed by atoms with Crippen molar-refractivity contribution in [3.05, 3.63) is 40.8 Å². The molecule has 1 aromatic heterocycles. The molecule has 8 heteroatoms. The molecule has 1 atom stereocenters. The molecule has 0 aliphatic carbocycles. The minimum absolute atomic E-state index is 0.00775. The van der Waals surface area contributed by atoms with E-state index >= 15 is 0 Å². The topological polar surface area (TPSA) is 80.1 Å². The minimum Gasteiger partial charge on any atom is -0.497 e. The van der Waals surface area contributed by atoms with E-state index in [0.717, 1.165) is 53.7 Å². The van der Waals surface area contributed by atoms with Gasteiger partial charge >= 0.3 is 6.03 Å². The van der Waals surface area contributed by atoms with Gasteiger partial charge in [0, 0.05) is 49.9 Å². The highest BCUT2D eigenvalue weighted by Gasteiger charge is 2.23. The van der Waals surface area contributed by atoms with Crippen LogP contribution in [0.25, 0.3) is 0 Å². The number of methoxy groups -OCH3 is 2. The Bertz CT molecular complexity index is 839. The van der Waals surface area contributed by atoms with Gasteiger partial charge in [0.1, 0.15) is 17.3 Å². The number of carbonyl (C=O) groups is 1. The summed E-state index contributed by atoms with van der Waals surface area (Å²) in [6.45, 7) is 9.61. The molecule has 2 amide bonds. The highest BCUT2D eigenvalue weighted by molar-refractivity contribution is 5.74. The summed E-state index contributed by atoms with van der Waals surface area (Å²) < 4.78 is 16.0. The molecule has 30 heavy (non-hydrogen) atoms. The van der Waals surface area contributed by atoms with Crippen LogP contribution in [0.5, 0.6) is 11.5 Å². The van der Waals surface area contributed by atoms with Crippen LogP contribution in [-0.4, -0.2) is 67.4 Å². The molecule has 1 aromatic carbocycles. The van der Waals surface area contributed by atoms with Crippen LogP contribution in [0.15, 0.2) is 22.7 Å². The molecule has 1 saturated heterocycles. The van der Waals surface area contributed by atoms with E-state index in [1.165, 1.54) is 0 Å². The van der Waals surface area contributed by atoms with Crippen LogP contribution < -0.4 is 14.8 Å². The van der Waals surface area contributed by atoms with Crippen molar-refractivity contribution < 1.29 is 18.8 Å². The number of rotatable bonds is 7. The van der Waals surface area contributed by atoms with Gasteiger partial charge in [-0.1, -0.05) is 5.16 Å². The summed E-state index contributed by atoms with van der Waals surface area (Å²) in [6.07, 6.45) is 0.711. The number of piperazine rings is 1. The molecule has 2 aromatic rings. The third kappa shape index (κ3) is 5.24. The Morgan fingerprint density at radius 2 is 1.93 bits per heavy atom. The smallest absolute Gasteiger partial charge is 0.317 e. The number of amides is 2. The molecule has 0 saturated carbocycles. The van der Waals surface area contributed by atoms with Crippen molar-refractivity contribution in [2.24, 2.45) is 0 Å².